The van der Waals surface area contributed by atoms with Gasteiger partial charge in [-0.2, -0.15) is 0 Å². The molecule has 1 aliphatic rings. The zero-order valence-electron chi connectivity index (χ0n) is 10.6. The van der Waals surface area contributed by atoms with Gasteiger partial charge in [-0.05, 0) is 27.3 Å². The molecule has 0 aromatic carbocycles. The van der Waals surface area contributed by atoms with Gasteiger partial charge in [-0.15, -0.1) is 0 Å². The Kier molecular flexibility index (Phi) is 5.58. The molecule has 0 bridgehead atoms. The van der Waals surface area contributed by atoms with Gasteiger partial charge in [-0.25, -0.2) is 0 Å². The van der Waals surface area contributed by atoms with Crippen LogP contribution in [-0.2, 0) is 4.74 Å². The normalized spacial score (nSPS) is 25.8. The monoisotopic (exact) mass is 214 g/mol. The van der Waals surface area contributed by atoms with Crippen LogP contribution in [-0.4, -0.2) is 49.8 Å². The van der Waals surface area contributed by atoms with Gasteiger partial charge in [0.05, 0.1) is 12.7 Å². The summed E-state index contributed by atoms with van der Waals surface area (Å²) in [5.74, 6) is 0. The van der Waals surface area contributed by atoms with Crippen LogP contribution in [0.25, 0.3) is 0 Å². The van der Waals surface area contributed by atoms with E-state index in [0.717, 1.165) is 19.7 Å². The van der Waals surface area contributed by atoms with Crippen LogP contribution in [0.1, 0.15) is 33.6 Å². The van der Waals surface area contributed by atoms with Crippen LogP contribution < -0.4 is 5.32 Å². The van der Waals surface area contributed by atoms with Crippen molar-refractivity contribution in [3.05, 3.63) is 0 Å². The van der Waals surface area contributed by atoms with E-state index in [1.165, 1.54) is 12.8 Å². The Morgan fingerprint density at radius 3 is 2.73 bits per heavy atom. The zero-order chi connectivity index (χ0) is 11.3. The molecular weight excluding hydrogens is 188 g/mol. The Balaban J connectivity index is 2.46. The summed E-state index contributed by atoms with van der Waals surface area (Å²) in [7, 11) is 2.04. The average molecular weight is 214 g/mol. The van der Waals surface area contributed by atoms with E-state index in [4.69, 9.17) is 4.74 Å². The summed E-state index contributed by atoms with van der Waals surface area (Å²) in [5, 5.41) is 3.38. The van der Waals surface area contributed by atoms with Gasteiger partial charge in [-0.3, -0.25) is 4.90 Å². The van der Waals surface area contributed by atoms with E-state index in [1.54, 1.807) is 0 Å². The first kappa shape index (κ1) is 12.9. The number of nitrogens with zero attached hydrogens (tertiary/aromatic N) is 1. The summed E-state index contributed by atoms with van der Waals surface area (Å²) in [4.78, 5) is 2.51. The minimum absolute atomic E-state index is 0.367. The molecule has 2 atom stereocenters. The van der Waals surface area contributed by atoms with Crippen molar-refractivity contribution in [2.75, 3.05) is 26.7 Å². The summed E-state index contributed by atoms with van der Waals surface area (Å²) in [6.07, 6.45) is 2.78. The third-order valence-corrected chi connectivity index (χ3v) is 3.27. The molecule has 1 saturated heterocycles. The maximum atomic E-state index is 5.86. The van der Waals surface area contributed by atoms with Gasteiger partial charge in [-0.1, -0.05) is 13.3 Å². The molecular formula is C12H26N2O. The number of rotatable bonds is 5. The summed E-state index contributed by atoms with van der Waals surface area (Å²) < 4.78 is 5.86. The number of likely N-dealkylation sites (N-methyl/N-ethyl adjacent to an activating group) is 1. The molecule has 0 aromatic rings. The molecule has 0 radical (unpaired) electrons. The van der Waals surface area contributed by atoms with E-state index in [0.29, 0.717) is 18.2 Å². The van der Waals surface area contributed by atoms with Crippen molar-refractivity contribution >= 4 is 0 Å². The minimum Gasteiger partial charge on any atom is -0.374 e. The van der Waals surface area contributed by atoms with Gasteiger partial charge >= 0.3 is 0 Å². The molecule has 1 heterocycles. The smallest absolute Gasteiger partial charge is 0.0855 e. The fraction of sp³-hybridized carbons (Fsp3) is 1.00. The number of morpholine rings is 1. The van der Waals surface area contributed by atoms with Crippen LogP contribution in [0.3, 0.4) is 0 Å². The summed E-state index contributed by atoms with van der Waals surface area (Å²) in [6, 6.07) is 1.15. The second-order valence-corrected chi connectivity index (χ2v) is 4.68. The Morgan fingerprint density at radius 2 is 2.20 bits per heavy atom. The van der Waals surface area contributed by atoms with Crippen LogP contribution in [0.5, 0.6) is 0 Å². The third kappa shape index (κ3) is 3.74. The van der Waals surface area contributed by atoms with Crippen LogP contribution in [0.15, 0.2) is 0 Å². The lowest BCUT2D eigenvalue weighted by atomic mass is 10.0. The Hall–Kier alpha value is -0.120. The highest BCUT2D eigenvalue weighted by Crippen LogP contribution is 2.14. The third-order valence-electron chi connectivity index (χ3n) is 3.27. The van der Waals surface area contributed by atoms with Crippen LogP contribution >= 0.6 is 0 Å². The average Bonchev–Trinajstić information content (AvgIpc) is 2.26. The van der Waals surface area contributed by atoms with Crippen LogP contribution in [0.4, 0.5) is 0 Å². The molecule has 1 fully saturated rings. The molecule has 0 spiro atoms. The van der Waals surface area contributed by atoms with E-state index in [-0.39, 0.29) is 0 Å². The molecule has 90 valence electrons. The molecule has 0 amide bonds. The lowest BCUT2D eigenvalue weighted by molar-refractivity contribution is -0.0555. The van der Waals surface area contributed by atoms with Gasteiger partial charge in [0.1, 0.15) is 0 Å². The molecule has 0 aromatic heterocycles. The SMILES string of the molecule is CCCC(NC)C1CN(C(C)C)CCO1. The van der Waals surface area contributed by atoms with Gasteiger partial charge in [0, 0.05) is 25.2 Å². The number of ether oxygens (including phenoxy) is 1. The molecule has 1 aliphatic heterocycles. The van der Waals surface area contributed by atoms with Gasteiger partial charge in [0.25, 0.3) is 0 Å². The second-order valence-electron chi connectivity index (χ2n) is 4.68. The van der Waals surface area contributed by atoms with Crippen LogP contribution in [0, 0.1) is 0 Å². The van der Waals surface area contributed by atoms with Gasteiger partial charge in [0.15, 0.2) is 0 Å². The second kappa shape index (κ2) is 6.46. The Morgan fingerprint density at radius 1 is 1.47 bits per heavy atom. The highest BCUT2D eigenvalue weighted by molar-refractivity contribution is 4.83. The largest absolute Gasteiger partial charge is 0.374 e. The van der Waals surface area contributed by atoms with E-state index in [2.05, 4.69) is 31.0 Å². The first-order valence-corrected chi connectivity index (χ1v) is 6.22. The highest BCUT2D eigenvalue weighted by atomic mass is 16.5. The lowest BCUT2D eigenvalue weighted by Crippen LogP contribution is -2.53. The van der Waals surface area contributed by atoms with Gasteiger partial charge in [0.2, 0.25) is 0 Å². The maximum Gasteiger partial charge on any atom is 0.0855 e. The lowest BCUT2D eigenvalue weighted by Gasteiger charge is -2.38. The minimum atomic E-state index is 0.367. The number of hydrogen-bond acceptors (Lipinski definition) is 3. The number of nitrogens with one attached hydrogen (secondary N) is 1. The Bertz CT molecular complexity index is 173. The van der Waals surface area contributed by atoms with Crippen molar-refractivity contribution < 1.29 is 4.74 Å². The van der Waals surface area contributed by atoms with E-state index in [1.807, 2.05) is 7.05 Å². The number of hydrogen-bond donors (Lipinski definition) is 1. The molecule has 15 heavy (non-hydrogen) atoms. The maximum absolute atomic E-state index is 5.86. The highest BCUT2D eigenvalue weighted by Gasteiger charge is 2.27. The molecule has 2 unspecified atom stereocenters. The summed E-state index contributed by atoms with van der Waals surface area (Å²) in [5.41, 5.74) is 0. The van der Waals surface area contributed by atoms with Gasteiger partial charge < -0.3 is 10.1 Å². The summed E-state index contributed by atoms with van der Waals surface area (Å²) in [6.45, 7) is 9.78. The predicted molar refractivity (Wildman–Crippen MR) is 64.2 cm³/mol. The van der Waals surface area contributed by atoms with Crippen molar-refractivity contribution in [1.82, 2.24) is 10.2 Å². The van der Waals surface area contributed by atoms with E-state index in [9.17, 15) is 0 Å². The summed E-state index contributed by atoms with van der Waals surface area (Å²) >= 11 is 0. The molecule has 0 aliphatic carbocycles. The molecule has 1 N–H and O–H groups in total. The standard InChI is InChI=1S/C12H26N2O/c1-5-6-11(13-4)12-9-14(10(2)3)7-8-15-12/h10-13H,5-9H2,1-4H3. The predicted octanol–water partition coefficient (Wildman–Crippen LogP) is 1.48. The van der Waals surface area contributed by atoms with Crippen molar-refractivity contribution in [2.24, 2.45) is 0 Å². The van der Waals surface area contributed by atoms with Crippen LogP contribution in [0.2, 0.25) is 0 Å². The van der Waals surface area contributed by atoms with E-state index < -0.39 is 0 Å². The first-order chi connectivity index (χ1) is 7.19. The van der Waals surface area contributed by atoms with Crippen molar-refractivity contribution in [3.63, 3.8) is 0 Å². The van der Waals surface area contributed by atoms with Crippen molar-refractivity contribution in [2.45, 2.75) is 51.8 Å². The fourth-order valence-corrected chi connectivity index (χ4v) is 2.24. The Labute approximate surface area is 94.2 Å². The topological polar surface area (TPSA) is 24.5 Å². The molecule has 0 saturated carbocycles. The van der Waals surface area contributed by atoms with Crippen molar-refractivity contribution in [1.29, 1.82) is 0 Å². The zero-order valence-corrected chi connectivity index (χ0v) is 10.6. The van der Waals surface area contributed by atoms with E-state index >= 15 is 0 Å². The molecule has 3 heteroatoms. The molecule has 1 rings (SSSR count). The van der Waals surface area contributed by atoms with Crippen molar-refractivity contribution in [3.8, 4) is 0 Å². The fourth-order valence-electron chi connectivity index (χ4n) is 2.24. The quantitative estimate of drug-likeness (QED) is 0.750. The first-order valence-electron chi connectivity index (χ1n) is 6.22. The molecule has 3 nitrogen and oxygen atoms in total.